The number of benzene rings is 1. The Hall–Kier alpha value is -2.41. The SMILES string of the molecule is CC(=O)C1CC2(C)C(CC(O)C3(C)Oc4cc(O)c5c(c4CC23)CC(C)OC5=O)C(C)(C)C1=O. The highest BCUT2D eigenvalue weighted by atomic mass is 16.5. The molecule has 7 atom stereocenters. The van der Waals surface area contributed by atoms with Crippen LogP contribution in [0.3, 0.4) is 0 Å². The first-order valence-electron chi connectivity index (χ1n) is 12.2. The maximum atomic E-state index is 13.3. The van der Waals surface area contributed by atoms with Crippen LogP contribution in [0.5, 0.6) is 11.5 Å². The zero-order valence-corrected chi connectivity index (χ0v) is 20.7. The summed E-state index contributed by atoms with van der Waals surface area (Å²) in [6, 6.07) is 1.46. The van der Waals surface area contributed by atoms with Crippen molar-refractivity contribution in [3.63, 3.8) is 0 Å². The fourth-order valence-electron chi connectivity index (χ4n) is 7.83. The molecule has 5 rings (SSSR count). The van der Waals surface area contributed by atoms with E-state index < -0.39 is 34.4 Å². The van der Waals surface area contributed by atoms with Gasteiger partial charge in [-0.15, -0.1) is 0 Å². The van der Waals surface area contributed by atoms with Crippen LogP contribution in [0, 0.1) is 28.6 Å². The monoisotopic (exact) mass is 470 g/mol. The number of fused-ring (bicyclic) bond motifs is 6. The second-order valence-electron chi connectivity index (χ2n) is 12.0. The first-order chi connectivity index (χ1) is 15.7. The zero-order valence-electron chi connectivity index (χ0n) is 20.7. The van der Waals surface area contributed by atoms with Gasteiger partial charge in [0, 0.05) is 23.8 Å². The van der Waals surface area contributed by atoms with Crippen molar-refractivity contribution < 1.29 is 34.1 Å². The van der Waals surface area contributed by atoms with Crippen LogP contribution in [-0.2, 0) is 27.2 Å². The highest BCUT2D eigenvalue weighted by molar-refractivity contribution is 6.04. The summed E-state index contributed by atoms with van der Waals surface area (Å²) in [4.78, 5) is 38.4. The number of hydrogen-bond acceptors (Lipinski definition) is 7. The molecule has 2 N–H and O–H groups in total. The summed E-state index contributed by atoms with van der Waals surface area (Å²) in [6.45, 7) is 11.1. The summed E-state index contributed by atoms with van der Waals surface area (Å²) in [6.07, 6.45) is 0.641. The van der Waals surface area contributed by atoms with E-state index in [1.807, 2.05) is 27.7 Å². The topological polar surface area (TPSA) is 110 Å². The van der Waals surface area contributed by atoms with E-state index in [0.29, 0.717) is 31.4 Å². The number of rotatable bonds is 1. The molecular formula is C27H34O7. The van der Waals surface area contributed by atoms with Crippen LogP contribution in [0.25, 0.3) is 0 Å². The Kier molecular flexibility index (Phi) is 4.85. The average molecular weight is 471 g/mol. The van der Waals surface area contributed by atoms with Gasteiger partial charge in [0.15, 0.2) is 0 Å². The van der Waals surface area contributed by atoms with Crippen LogP contribution >= 0.6 is 0 Å². The van der Waals surface area contributed by atoms with Gasteiger partial charge in [0.1, 0.15) is 40.3 Å². The predicted molar refractivity (Wildman–Crippen MR) is 123 cm³/mol. The number of ether oxygens (including phenoxy) is 2. The second-order valence-corrected chi connectivity index (χ2v) is 12.0. The van der Waals surface area contributed by atoms with Crippen LogP contribution in [0.4, 0.5) is 0 Å². The Morgan fingerprint density at radius 2 is 1.76 bits per heavy atom. The largest absolute Gasteiger partial charge is 0.507 e. The zero-order chi connectivity index (χ0) is 25.0. The van der Waals surface area contributed by atoms with Crippen molar-refractivity contribution in [3.05, 3.63) is 22.8 Å². The molecule has 7 nitrogen and oxygen atoms in total. The van der Waals surface area contributed by atoms with Crippen molar-refractivity contribution >= 4 is 17.5 Å². The summed E-state index contributed by atoms with van der Waals surface area (Å²) in [5.74, 6) is -1.42. The molecule has 2 aliphatic heterocycles. The minimum absolute atomic E-state index is 0.0470. The normalized spacial score (nSPS) is 40.1. The summed E-state index contributed by atoms with van der Waals surface area (Å²) in [5.41, 5.74) is -0.415. The molecule has 2 aliphatic carbocycles. The maximum absolute atomic E-state index is 13.3. The van der Waals surface area contributed by atoms with Crippen LogP contribution in [-0.4, -0.2) is 45.6 Å². The summed E-state index contributed by atoms with van der Waals surface area (Å²) < 4.78 is 11.9. The van der Waals surface area contributed by atoms with Gasteiger partial charge < -0.3 is 19.7 Å². The molecule has 2 saturated carbocycles. The van der Waals surface area contributed by atoms with Crippen molar-refractivity contribution in [2.75, 3.05) is 0 Å². The van der Waals surface area contributed by atoms with E-state index >= 15 is 0 Å². The third kappa shape index (κ3) is 2.88. The predicted octanol–water partition coefficient (Wildman–Crippen LogP) is 3.39. The summed E-state index contributed by atoms with van der Waals surface area (Å²) in [7, 11) is 0. The third-order valence-electron chi connectivity index (χ3n) is 9.59. The number of Topliss-reactive ketones (excluding diaryl/α,β-unsaturated/α-hetero) is 2. The van der Waals surface area contributed by atoms with Crippen LogP contribution in [0.2, 0.25) is 0 Å². The number of hydrogen-bond donors (Lipinski definition) is 2. The Morgan fingerprint density at radius 3 is 2.41 bits per heavy atom. The van der Waals surface area contributed by atoms with E-state index in [0.717, 1.165) is 11.1 Å². The molecule has 0 saturated heterocycles. The van der Waals surface area contributed by atoms with Crippen LogP contribution in [0.1, 0.15) is 75.9 Å². The van der Waals surface area contributed by atoms with Crippen molar-refractivity contribution in [3.8, 4) is 11.5 Å². The molecule has 4 aliphatic rings. The molecule has 7 unspecified atom stereocenters. The fraction of sp³-hybridized carbons (Fsp3) is 0.667. The molecule has 2 fully saturated rings. The molecule has 34 heavy (non-hydrogen) atoms. The minimum atomic E-state index is -0.961. The van der Waals surface area contributed by atoms with E-state index in [-0.39, 0.29) is 40.8 Å². The van der Waals surface area contributed by atoms with E-state index in [1.54, 1.807) is 0 Å². The van der Waals surface area contributed by atoms with Gasteiger partial charge in [-0.05, 0) is 62.5 Å². The quantitative estimate of drug-likeness (QED) is 0.478. The van der Waals surface area contributed by atoms with Gasteiger partial charge in [0.05, 0.1) is 12.0 Å². The van der Waals surface area contributed by atoms with E-state index in [4.69, 9.17) is 9.47 Å². The minimum Gasteiger partial charge on any atom is -0.507 e. The van der Waals surface area contributed by atoms with Crippen molar-refractivity contribution in [1.29, 1.82) is 0 Å². The molecule has 0 radical (unpaired) electrons. The van der Waals surface area contributed by atoms with Gasteiger partial charge in [-0.2, -0.15) is 0 Å². The molecule has 1 aromatic carbocycles. The lowest BCUT2D eigenvalue weighted by Gasteiger charge is -2.65. The maximum Gasteiger partial charge on any atom is 0.342 e. The number of esters is 1. The third-order valence-corrected chi connectivity index (χ3v) is 9.59. The first-order valence-corrected chi connectivity index (χ1v) is 12.2. The molecule has 184 valence electrons. The van der Waals surface area contributed by atoms with Gasteiger partial charge in [-0.1, -0.05) is 20.8 Å². The Balaban J connectivity index is 1.68. The number of aromatic hydroxyl groups is 1. The van der Waals surface area contributed by atoms with Gasteiger partial charge in [-0.3, -0.25) is 9.59 Å². The number of ketones is 2. The second kappa shape index (κ2) is 7.06. The van der Waals surface area contributed by atoms with E-state index in [9.17, 15) is 24.6 Å². The molecule has 0 spiro atoms. The van der Waals surface area contributed by atoms with E-state index in [1.165, 1.54) is 13.0 Å². The molecule has 2 heterocycles. The van der Waals surface area contributed by atoms with Crippen molar-refractivity contribution in [1.82, 2.24) is 0 Å². The highest BCUT2D eigenvalue weighted by Gasteiger charge is 2.67. The number of carbonyl (C=O) groups is 3. The molecule has 1 aromatic rings. The van der Waals surface area contributed by atoms with Crippen LogP contribution < -0.4 is 4.74 Å². The standard InChI is InChI=1S/C27H34O7/c1-12-7-15-14-8-20-26(5)11-16(13(2)28)23(31)25(3,4)19(26)10-21(30)27(20,6)34-18(14)9-17(29)22(15)24(32)33-12/h9,12,16,19-21,29-30H,7-8,10-11H2,1-6H3. The van der Waals surface area contributed by atoms with Crippen molar-refractivity contribution in [2.24, 2.45) is 28.6 Å². The number of phenolic OH excluding ortho intramolecular Hbond substituents is 1. The van der Waals surface area contributed by atoms with Crippen molar-refractivity contribution in [2.45, 2.75) is 85.0 Å². The smallest absolute Gasteiger partial charge is 0.342 e. The molecule has 7 heteroatoms. The van der Waals surface area contributed by atoms with Gasteiger partial charge in [0.25, 0.3) is 0 Å². The van der Waals surface area contributed by atoms with E-state index in [2.05, 4.69) is 6.92 Å². The number of phenols is 1. The number of cyclic esters (lactones) is 1. The lowest BCUT2D eigenvalue weighted by Crippen LogP contribution is -2.69. The fourth-order valence-corrected chi connectivity index (χ4v) is 7.83. The summed E-state index contributed by atoms with van der Waals surface area (Å²) >= 11 is 0. The number of carbonyl (C=O) groups excluding carboxylic acids is 3. The lowest BCUT2D eigenvalue weighted by atomic mass is 9.42. The Labute approximate surface area is 199 Å². The van der Waals surface area contributed by atoms with Gasteiger partial charge in [-0.25, -0.2) is 4.79 Å². The molecule has 0 bridgehead atoms. The molecular weight excluding hydrogens is 436 g/mol. The average Bonchev–Trinajstić information content (AvgIpc) is 2.72. The molecule has 0 aromatic heterocycles. The molecule has 0 amide bonds. The van der Waals surface area contributed by atoms with Crippen LogP contribution in [0.15, 0.2) is 6.07 Å². The van der Waals surface area contributed by atoms with Gasteiger partial charge >= 0.3 is 5.97 Å². The first kappa shape index (κ1) is 23.3. The summed E-state index contributed by atoms with van der Waals surface area (Å²) in [5, 5.41) is 22.0. The number of aliphatic hydroxyl groups excluding tert-OH is 1. The Morgan fingerprint density at radius 1 is 1.09 bits per heavy atom. The lowest BCUT2D eigenvalue weighted by molar-refractivity contribution is -0.217. The Bertz CT molecular complexity index is 1120. The van der Waals surface area contributed by atoms with Gasteiger partial charge in [0.2, 0.25) is 0 Å². The highest BCUT2D eigenvalue weighted by Crippen LogP contribution is 2.65. The number of aliphatic hydroxyl groups is 1.